The van der Waals surface area contributed by atoms with E-state index in [1.165, 1.54) is 5.56 Å². The highest BCUT2D eigenvalue weighted by atomic mass is 16.5. The number of ketones is 1. The van der Waals surface area contributed by atoms with E-state index in [1.54, 1.807) is 0 Å². The lowest BCUT2D eigenvalue weighted by Gasteiger charge is -2.12. The lowest BCUT2D eigenvalue weighted by molar-refractivity contribution is 0.0993. The SMILES string of the molecule is CN(C)c1ccc(C(=O)Cc2ccc3nc(-c4ccc5c(c4)CCO5)[nH]c3c2)cc1. The number of aromatic amines is 1. The van der Waals surface area contributed by atoms with E-state index < -0.39 is 0 Å². The first kappa shape index (κ1) is 18.4. The number of fused-ring (bicyclic) bond motifs is 2. The molecule has 0 saturated heterocycles. The van der Waals surface area contributed by atoms with Crippen molar-refractivity contribution in [1.82, 2.24) is 9.97 Å². The number of aromatic nitrogens is 2. The van der Waals surface area contributed by atoms with Crippen LogP contribution in [0.25, 0.3) is 22.4 Å². The number of carbonyl (C=O) groups excluding carboxylic acids is 1. The number of ether oxygens (including phenoxy) is 1. The molecule has 4 aromatic rings. The number of rotatable bonds is 5. The van der Waals surface area contributed by atoms with Gasteiger partial charge in [0, 0.05) is 43.8 Å². The molecule has 5 nitrogen and oxygen atoms in total. The molecule has 150 valence electrons. The molecule has 1 aromatic heterocycles. The van der Waals surface area contributed by atoms with Gasteiger partial charge in [0.05, 0.1) is 17.6 Å². The minimum absolute atomic E-state index is 0.109. The van der Waals surface area contributed by atoms with Gasteiger partial charge in [-0.1, -0.05) is 6.07 Å². The predicted octanol–water partition coefficient (Wildman–Crippen LogP) is 4.66. The first-order chi connectivity index (χ1) is 14.6. The smallest absolute Gasteiger partial charge is 0.167 e. The van der Waals surface area contributed by atoms with Crippen molar-refractivity contribution in [3.8, 4) is 17.1 Å². The number of hydrogen-bond acceptors (Lipinski definition) is 4. The topological polar surface area (TPSA) is 58.2 Å². The second-order valence-electron chi connectivity index (χ2n) is 7.90. The van der Waals surface area contributed by atoms with E-state index >= 15 is 0 Å². The van der Waals surface area contributed by atoms with E-state index in [0.717, 1.165) is 58.0 Å². The van der Waals surface area contributed by atoms with Crippen molar-refractivity contribution in [1.29, 1.82) is 0 Å². The average molecular weight is 397 g/mol. The van der Waals surface area contributed by atoms with Gasteiger partial charge < -0.3 is 14.6 Å². The molecule has 0 atom stereocenters. The van der Waals surface area contributed by atoms with Gasteiger partial charge in [-0.3, -0.25) is 4.79 Å². The van der Waals surface area contributed by atoms with Crippen molar-refractivity contribution in [2.45, 2.75) is 12.8 Å². The second-order valence-corrected chi connectivity index (χ2v) is 7.90. The maximum Gasteiger partial charge on any atom is 0.167 e. The van der Waals surface area contributed by atoms with Crippen LogP contribution in [0.1, 0.15) is 21.5 Å². The summed E-state index contributed by atoms with van der Waals surface area (Å²) in [6.45, 7) is 0.744. The third-order valence-corrected chi connectivity index (χ3v) is 5.58. The summed E-state index contributed by atoms with van der Waals surface area (Å²) < 4.78 is 5.59. The van der Waals surface area contributed by atoms with Gasteiger partial charge in [-0.15, -0.1) is 0 Å². The highest BCUT2D eigenvalue weighted by Gasteiger charge is 2.15. The Labute approximate surface area is 175 Å². The average Bonchev–Trinajstić information content (AvgIpc) is 3.39. The molecule has 1 aliphatic heterocycles. The van der Waals surface area contributed by atoms with Crippen molar-refractivity contribution >= 4 is 22.5 Å². The summed E-state index contributed by atoms with van der Waals surface area (Å²) in [5.74, 6) is 1.91. The maximum absolute atomic E-state index is 12.7. The van der Waals surface area contributed by atoms with Crippen LogP contribution in [0.15, 0.2) is 60.7 Å². The number of imidazole rings is 1. The third kappa shape index (κ3) is 3.43. The Kier molecular flexibility index (Phi) is 4.51. The molecular weight excluding hydrogens is 374 g/mol. The first-order valence-electron chi connectivity index (χ1n) is 10.1. The van der Waals surface area contributed by atoms with Crippen LogP contribution < -0.4 is 9.64 Å². The van der Waals surface area contributed by atoms with E-state index in [4.69, 9.17) is 9.72 Å². The summed E-state index contributed by atoms with van der Waals surface area (Å²) in [6.07, 6.45) is 1.30. The Morgan fingerprint density at radius 3 is 2.70 bits per heavy atom. The van der Waals surface area contributed by atoms with Gasteiger partial charge in [0.25, 0.3) is 0 Å². The molecule has 0 amide bonds. The van der Waals surface area contributed by atoms with Crippen LogP contribution in [0.2, 0.25) is 0 Å². The van der Waals surface area contributed by atoms with Crippen LogP contribution in [-0.4, -0.2) is 36.5 Å². The highest BCUT2D eigenvalue weighted by molar-refractivity contribution is 5.98. The minimum Gasteiger partial charge on any atom is -0.493 e. The molecule has 0 fully saturated rings. The number of H-pyrrole nitrogens is 1. The molecule has 5 rings (SSSR count). The monoisotopic (exact) mass is 397 g/mol. The molecular formula is C25H23N3O2. The summed E-state index contributed by atoms with van der Waals surface area (Å²) in [4.78, 5) is 22.9. The molecule has 0 bridgehead atoms. The standard InChI is InChI=1S/C25H23N3O2/c1-28(2)20-7-4-17(5-8-20)23(29)14-16-3-9-21-22(13-16)27-25(26-21)19-6-10-24-18(15-19)11-12-30-24/h3-10,13,15H,11-12,14H2,1-2H3,(H,26,27). The third-order valence-electron chi connectivity index (χ3n) is 5.58. The van der Waals surface area contributed by atoms with Crippen LogP contribution in [-0.2, 0) is 12.8 Å². The number of hydrogen-bond donors (Lipinski definition) is 1. The van der Waals surface area contributed by atoms with Crippen LogP contribution in [0.3, 0.4) is 0 Å². The molecule has 0 unspecified atom stereocenters. The van der Waals surface area contributed by atoms with Crippen LogP contribution >= 0.6 is 0 Å². The molecule has 0 spiro atoms. The largest absolute Gasteiger partial charge is 0.493 e. The maximum atomic E-state index is 12.7. The molecule has 30 heavy (non-hydrogen) atoms. The minimum atomic E-state index is 0.109. The van der Waals surface area contributed by atoms with Gasteiger partial charge in [-0.05, 0) is 65.7 Å². The predicted molar refractivity (Wildman–Crippen MR) is 120 cm³/mol. The van der Waals surface area contributed by atoms with Gasteiger partial charge in [-0.2, -0.15) is 0 Å². The van der Waals surface area contributed by atoms with Crippen molar-refractivity contribution in [2.75, 3.05) is 25.6 Å². The fraction of sp³-hybridized carbons (Fsp3) is 0.200. The number of anilines is 1. The lowest BCUT2D eigenvalue weighted by atomic mass is 10.0. The zero-order valence-corrected chi connectivity index (χ0v) is 17.1. The highest BCUT2D eigenvalue weighted by Crippen LogP contribution is 2.30. The molecule has 0 aliphatic carbocycles. The van der Waals surface area contributed by atoms with Gasteiger partial charge in [-0.25, -0.2) is 4.98 Å². The lowest BCUT2D eigenvalue weighted by Crippen LogP contribution is -2.09. The summed E-state index contributed by atoms with van der Waals surface area (Å²) >= 11 is 0. The van der Waals surface area contributed by atoms with E-state index in [0.29, 0.717) is 6.42 Å². The number of nitrogens with one attached hydrogen (secondary N) is 1. The Bertz CT molecular complexity index is 1240. The Balaban J connectivity index is 1.38. The summed E-state index contributed by atoms with van der Waals surface area (Å²) in [5.41, 5.74) is 6.89. The summed E-state index contributed by atoms with van der Waals surface area (Å²) in [7, 11) is 3.97. The van der Waals surface area contributed by atoms with Crippen molar-refractivity contribution < 1.29 is 9.53 Å². The molecule has 0 radical (unpaired) electrons. The fourth-order valence-electron chi connectivity index (χ4n) is 3.87. The fourth-order valence-corrected chi connectivity index (χ4v) is 3.87. The molecule has 1 N–H and O–H groups in total. The van der Waals surface area contributed by atoms with Crippen molar-refractivity contribution in [2.24, 2.45) is 0 Å². The molecule has 0 saturated carbocycles. The first-order valence-corrected chi connectivity index (χ1v) is 10.1. The second kappa shape index (κ2) is 7.34. The normalized spacial score (nSPS) is 12.6. The zero-order chi connectivity index (χ0) is 20.7. The van der Waals surface area contributed by atoms with Gasteiger partial charge in [0.2, 0.25) is 0 Å². The Morgan fingerprint density at radius 1 is 1.07 bits per heavy atom. The van der Waals surface area contributed by atoms with E-state index in [2.05, 4.69) is 11.1 Å². The summed E-state index contributed by atoms with van der Waals surface area (Å²) in [6, 6.07) is 19.9. The van der Waals surface area contributed by atoms with Crippen LogP contribution in [0.5, 0.6) is 5.75 Å². The number of nitrogens with zero attached hydrogens (tertiary/aromatic N) is 2. The molecule has 2 heterocycles. The molecule has 1 aliphatic rings. The van der Waals surface area contributed by atoms with Gasteiger partial charge in [0.1, 0.15) is 11.6 Å². The number of benzene rings is 3. The molecule has 3 aromatic carbocycles. The number of carbonyl (C=O) groups is 1. The Hall–Kier alpha value is -3.60. The zero-order valence-electron chi connectivity index (χ0n) is 17.1. The van der Waals surface area contributed by atoms with Crippen molar-refractivity contribution in [3.63, 3.8) is 0 Å². The van der Waals surface area contributed by atoms with E-state index in [9.17, 15) is 4.79 Å². The van der Waals surface area contributed by atoms with Crippen LogP contribution in [0, 0.1) is 0 Å². The van der Waals surface area contributed by atoms with E-state index in [-0.39, 0.29) is 5.78 Å². The summed E-state index contributed by atoms with van der Waals surface area (Å²) in [5, 5.41) is 0. The molecule has 5 heteroatoms. The van der Waals surface area contributed by atoms with Gasteiger partial charge >= 0.3 is 0 Å². The quantitative estimate of drug-likeness (QED) is 0.498. The Morgan fingerprint density at radius 2 is 1.90 bits per heavy atom. The number of Topliss-reactive ketones (excluding diaryl/α,β-unsaturated/α-hetero) is 1. The van der Waals surface area contributed by atoms with Gasteiger partial charge in [0.15, 0.2) is 5.78 Å². The van der Waals surface area contributed by atoms with Crippen molar-refractivity contribution in [3.05, 3.63) is 77.4 Å². The van der Waals surface area contributed by atoms with Crippen LogP contribution in [0.4, 0.5) is 5.69 Å². The van der Waals surface area contributed by atoms with E-state index in [1.807, 2.05) is 73.6 Å².